The van der Waals surface area contributed by atoms with Gasteiger partial charge in [0.2, 0.25) is 0 Å². The van der Waals surface area contributed by atoms with Gasteiger partial charge in [0, 0.05) is 30.2 Å². The maximum atomic E-state index is 4.07. The van der Waals surface area contributed by atoms with Crippen molar-refractivity contribution in [2.45, 2.75) is 6.42 Å². The third kappa shape index (κ3) is 1.91. The average molecular weight is 184 g/mol. The predicted molar refractivity (Wildman–Crippen MR) is 57.9 cm³/mol. The highest BCUT2D eigenvalue weighted by Crippen LogP contribution is 2.08. The fourth-order valence-corrected chi connectivity index (χ4v) is 1.40. The monoisotopic (exact) mass is 184 g/mol. The normalized spacial score (nSPS) is 10.0. The zero-order valence-corrected chi connectivity index (χ0v) is 7.90. The summed E-state index contributed by atoms with van der Waals surface area (Å²) in [6.45, 7) is 3.71. The molecule has 0 aromatic carbocycles. The molecular weight excluding hydrogens is 172 g/mol. The molecule has 0 unspecified atom stereocenters. The van der Waals surface area contributed by atoms with E-state index in [1.54, 1.807) is 6.20 Å². The van der Waals surface area contributed by atoms with Gasteiger partial charge in [0.25, 0.3) is 0 Å². The Morgan fingerprint density at radius 3 is 2.93 bits per heavy atom. The van der Waals surface area contributed by atoms with Gasteiger partial charge >= 0.3 is 0 Å². The molecule has 0 fully saturated rings. The quantitative estimate of drug-likeness (QED) is 0.780. The largest absolute Gasteiger partial charge is 0.359 e. The average Bonchev–Trinajstić information content (AvgIpc) is 2.67. The molecule has 0 bridgehead atoms. The van der Waals surface area contributed by atoms with Crippen molar-refractivity contribution in [2.75, 3.05) is 0 Å². The zero-order chi connectivity index (χ0) is 9.80. The molecule has 14 heavy (non-hydrogen) atoms. The first-order valence-electron chi connectivity index (χ1n) is 4.58. The second-order valence-electron chi connectivity index (χ2n) is 3.18. The molecule has 2 aromatic rings. The molecule has 2 heteroatoms. The zero-order valence-electron chi connectivity index (χ0n) is 7.90. The van der Waals surface area contributed by atoms with Crippen LogP contribution in [0.1, 0.15) is 17.0 Å². The lowest BCUT2D eigenvalue weighted by atomic mass is 10.2. The smallest absolute Gasteiger partial charge is 0.0376 e. The Hall–Kier alpha value is -1.83. The van der Waals surface area contributed by atoms with Gasteiger partial charge < -0.3 is 4.98 Å². The summed E-state index contributed by atoms with van der Waals surface area (Å²) < 4.78 is 0. The van der Waals surface area contributed by atoms with E-state index in [0.717, 1.165) is 12.1 Å². The van der Waals surface area contributed by atoms with E-state index in [9.17, 15) is 0 Å². The number of nitrogens with one attached hydrogen (secondary N) is 1. The van der Waals surface area contributed by atoms with Crippen LogP contribution in [0.2, 0.25) is 0 Å². The lowest BCUT2D eigenvalue weighted by Gasteiger charge is -1.97. The van der Waals surface area contributed by atoms with Gasteiger partial charge in [0.05, 0.1) is 0 Å². The Morgan fingerprint density at radius 1 is 1.36 bits per heavy atom. The van der Waals surface area contributed by atoms with Crippen LogP contribution in [0, 0.1) is 0 Å². The molecule has 0 saturated carbocycles. The van der Waals surface area contributed by atoms with Gasteiger partial charge in [-0.15, -0.1) is 0 Å². The molecule has 1 N–H and O–H groups in total. The Kier molecular flexibility index (Phi) is 2.45. The van der Waals surface area contributed by atoms with Gasteiger partial charge in [-0.25, -0.2) is 0 Å². The van der Waals surface area contributed by atoms with Gasteiger partial charge in [-0.1, -0.05) is 12.6 Å². The molecule has 0 aliphatic carbocycles. The van der Waals surface area contributed by atoms with E-state index in [0.29, 0.717) is 0 Å². The van der Waals surface area contributed by atoms with E-state index in [2.05, 4.69) is 28.7 Å². The molecule has 0 amide bonds. The lowest BCUT2D eigenvalue weighted by Crippen LogP contribution is -1.88. The molecule has 0 atom stereocenters. The van der Waals surface area contributed by atoms with E-state index in [1.165, 1.54) is 11.3 Å². The molecule has 0 aliphatic rings. The van der Waals surface area contributed by atoms with Gasteiger partial charge in [0.15, 0.2) is 0 Å². The Morgan fingerprint density at radius 2 is 2.29 bits per heavy atom. The summed E-state index contributed by atoms with van der Waals surface area (Å²) >= 11 is 0. The summed E-state index contributed by atoms with van der Waals surface area (Å²) in [5.74, 6) is 0. The maximum absolute atomic E-state index is 4.07. The molecule has 0 saturated heterocycles. The number of pyridine rings is 1. The van der Waals surface area contributed by atoms with E-state index in [4.69, 9.17) is 0 Å². The Bertz CT molecular complexity index is 415. The maximum Gasteiger partial charge on any atom is 0.0376 e. The molecule has 0 radical (unpaired) electrons. The molecular formula is C12H12N2. The molecule has 2 heterocycles. The number of aromatic nitrogens is 2. The standard InChI is InChI=1S/C12H12N2/c1-2-11-5-6-12(14-11)8-10-4-3-7-13-9-10/h2-7,9,14H,1,8H2. The highest BCUT2D eigenvalue weighted by Gasteiger charge is 1.97. The Balaban J connectivity index is 2.15. The van der Waals surface area contributed by atoms with Crippen LogP contribution >= 0.6 is 0 Å². The van der Waals surface area contributed by atoms with Crippen molar-refractivity contribution in [1.82, 2.24) is 9.97 Å². The van der Waals surface area contributed by atoms with Crippen LogP contribution in [-0.2, 0) is 6.42 Å². The van der Waals surface area contributed by atoms with E-state index < -0.39 is 0 Å². The van der Waals surface area contributed by atoms with Crippen LogP contribution in [-0.4, -0.2) is 9.97 Å². The van der Waals surface area contributed by atoms with Crippen molar-refractivity contribution >= 4 is 6.08 Å². The number of hydrogen-bond acceptors (Lipinski definition) is 1. The molecule has 0 aliphatic heterocycles. The highest BCUT2D eigenvalue weighted by molar-refractivity contribution is 5.43. The van der Waals surface area contributed by atoms with Crippen LogP contribution in [0.15, 0.2) is 43.2 Å². The van der Waals surface area contributed by atoms with Crippen LogP contribution in [0.5, 0.6) is 0 Å². The predicted octanol–water partition coefficient (Wildman–Crippen LogP) is 2.64. The van der Waals surface area contributed by atoms with Crippen molar-refractivity contribution in [3.63, 3.8) is 0 Å². The minimum Gasteiger partial charge on any atom is -0.359 e. The Labute approximate surface area is 83.3 Å². The number of rotatable bonds is 3. The number of hydrogen-bond donors (Lipinski definition) is 1. The third-order valence-corrected chi connectivity index (χ3v) is 2.11. The van der Waals surface area contributed by atoms with Gasteiger partial charge in [-0.3, -0.25) is 4.98 Å². The first-order valence-corrected chi connectivity index (χ1v) is 4.58. The van der Waals surface area contributed by atoms with Crippen LogP contribution in [0.4, 0.5) is 0 Å². The fraction of sp³-hybridized carbons (Fsp3) is 0.0833. The molecule has 2 aromatic heterocycles. The number of H-pyrrole nitrogens is 1. The summed E-state index contributed by atoms with van der Waals surface area (Å²) in [7, 11) is 0. The first kappa shape index (κ1) is 8.75. The number of aromatic amines is 1. The van der Waals surface area contributed by atoms with Gasteiger partial charge in [-0.2, -0.15) is 0 Å². The summed E-state index contributed by atoms with van der Waals surface area (Å²) in [5.41, 5.74) is 3.46. The van der Waals surface area contributed by atoms with Crippen molar-refractivity contribution in [2.24, 2.45) is 0 Å². The van der Waals surface area contributed by atoms with E-state index in [1.807, 2.05) is 24.4 Å². The van der Waals surface area contributed by atoms with Gasteiger partial charge in [0.1, 0.15) is 0 Å². The van der Waals surface area contributed by atoms with E-state index >= 15 is 0 Å². The molecule has 70 valence electrons. The summed E-state index contributed by atoms with van der Waals surface area (Å²) in [6, 6.07) is 8.12. The molecule has 2 rings (SSSR count). The summed E-state index contributed by atoms with van der Waals surface area (Å²) in [6.07, 6.45) is 6.37. The summed E-state index contributed by atoms with van der Waals surface area (Å²) in [5, 5.41) is 0. The van der Waals surface area contributed by atoms with Crippen LogP contribution in [0.3, 0.4) is 0 Å². The van der Waals surface area contributed by atoms with Crippen LogP contribution in [0.25, 0.3) is 6.08 Å². The van der Waals surface area contributed by atoms with Crippen molar-refractivity contribution < 1.29 is 0 Å². The molecule has 0 spiro atoms. The minimum atomic E-state index is 0.891. The first-order chi connectivity index (χ1) is 6.88. The summed E-state index contributed by atoms with van der Waals surface area (Å²) in [4.78, 5) is 7.34. The van der Waals surface area contributed by atoms with Crippen molar-refractivity contribution in [3.8, 4) is 0 Å². The van der Waals surface area contributed by atoms with Gasteiger partial charge in [-0.05, 0) is 29.8 Å². The number of nitrogens with zero attached hydrogens (tertiary/aromatic N) is 1. The minimum absolute atomic E-state index is 0.891. The topological polar surface area (TPSA) is 28.7 Å². The lowest BCUT2D eigenvalue weighted by molar-refractivity contribution is 1.08. The van der Waals surface area contributed by atoms with Crippen LogP contribution < -0.4 is 0 Å². The highest BCUT2D eigenvalue weighted by atomic mass is 14.7. The van der Waals surface area contributed by atoms with E-state index in [-0.39, 0.29) is 0 Å². The second kappa shape index (κ2) is 3.92. The third-order valence-electron chi connectivity index (χ3n) is 2.11. The fourth-order valence-electron chi connectivity index (χ4n) is 1.40. The van der Waals surface area contributed by atoms with Crippen molar-refractivity contribution in [1.29, 1.82) is 0 Å². The van der Waals surface area contributed by atoms with Crippen molar-refractivity contribution in [3.05, 3.63) is 60.2 Å². The second-order valence-corrected chi connectivity index (χ2v) is 3.18. The SMILES string of the molecule is C=Cc1ccc(Cc2cccnc2)[nH]1. The molecule has 2 nitrogen and oxygen atoms in total.